The van der Waals surface area contributed by atoms with E-state index in [1.54, 1.807) is 36.4 Å². The number of halogens is 2. The Kier molecular flexibility index (Phi) is 6.23. The smallest absolute Gasteiger partial charge is 0.321 e. The highest BCUT2D eigenvalue weighted by molar-refractivity contribution is 9.10. The Labute approximate surface area is 196 Å². The molecule has 0 aliphatic rings. The van der Waals surface area contributed by atoms with Crippen molar-refractivity contribution in [1.82, 2.24) is 4.68 Å². The number of rotatable bonds is 4. The summed E-state index contributed by atoms with van der Waals surface area (Å²) in [5, 5.41) is 5.89. The second-order valence-electron chi connectivity index (χ2n) is 7.24. The van der Waals surface area contributed by atoms with Crippen molar-refractivity contribution in [3.8, 4) is 0 Å². The van der Waals surface area contributed by atoms with E-state index in [2.05, 4.69) is 32.0 Å². The lowest BCUT2D eigenvalue weighted by molar-refractivity contribution is -0.133. The van der Waals surface area contributed by atoms with E-state index in [4.69, 9.17) is 0 Å². The van der Waals surface area contributed by atoms with Gasteiger partial charge in [0.2, 0.25) is 0 Å². The molecular formula is C24H18BrFN4O3. The number of carbonyl (C=O) groups excluding carboxylic acids is 3. The van der Waals surface area contributed by atoms with E-state index < -0.39 is 23.5 Å². The third kappa shape index (κ3) is 4.93. The standard InChI is InChI=1S/C24H18BrFN4O3/c1-14-4-2-3-5-19(14)28-23(32)24(33)29-30-20-11-6-16(25)12-15(20)13-21(30)22(31)27-18-9-7-17(26)8-10-18/h2-13H,1H3,(H,27,31)(H,28,32)(H,29,33). The summed E-state index contributed by atoms with van der Waals surface area (Å²) < 4.78 is 15.2. The van der Waals surface area contributed by atoms with Gasteiger partial charge in [-0.25, -0.2) is 9.07 Å². The average Bonchev–Trinajstić information content (AvgIpc) is 3.14. The van der Waals surface area contributed by atoms with E-state index in [1.807, 2.05) is 19.1 Å². The number of para-hydroxylation sites is 1. The van der Waals surface area contributed by atoms with Crippen LogP contribution in [0.25, 0.3) is 10.9 Å². The molecule has 9 heteroatoms. The van der Waals surface area contributed by atoms with Gasteiger partial charge in [0, 0.05) is 21.2 Å². The first-order valence-corrected chi connectivity index (χ1v) is 10.7. The molecule has 0 radical (unpaired) electrons. The molecule has 3 amide bonds. The monoisotopic (exact) mass is 508 g/mol. The maximum absolute atomic E-state index is 13.2. The Bertz CT molecular complexity index is 1380. The molecule has 0 fully saturated rings. The molecule has 0 bridgehead atoms. The van der Waals surface area contributed by atoms with Gasteiger partial charge < -0.3 is 10.6 Å². The third-order valence-corrected chi connectivity index (χ3v) is 5.40. The predicted octanol–water partition coefficient (Wildman–Crippen LogP) is 4.81. The number of amides is 3. The van der Waals surface area contributed by atoms with Crippen molar-refractivity contribution in [2.75, 3.05) is 16.1 Å². The summed E-state index contributed by atoms with van der Waals surface area (Å²) in [6, 6.07) is 19.2. The van der Waals surface area contributed by atoms with Gasteiger partial charge in [0.25, 0.3) is 5.91 Å². The summed E-state index contributed by atoms with van der Waals surface area (Å²) in [4.78, 5) is 38.2. The Morgan fingerprint density at radius 2 is 1.61 bits per heavy atom. The van der Waals surface area contributed by atoms with Crippen LogP contribution in [0, 0.1) is 12.7 Å². The van der Waals surface area contributed by atoms with Gasteiger partial charge in [-0.2, -0.15) is 0 Å². The van der Waals surface area contributed by atoms with Crippen molar-refractivity contribution in [1.29, 1.82) is 0 Å². The van der Waals surface area contributed by atoms with Crippen molar-refractivity contribution in [2.24, 2.45) is 0 Å². The summed E-state index contributed by atoms with van der Waals surface area (Å²) in [6.45, 7) is 1.81. The maximum Gasteiger partial charge on any atom is 0.328 e. The summed E-state index contributed by atoms with van der Waals surface area (Å²) in [5.41, 5.74) is 4.78. The van der Waals surface area contributed by atoms with E-state index >= 15 is 0 Å². The second kappa shape index (κ2) is 9.25. The number of aromatic nitrogens is 1. The topological polar surface area (TPSA) is 92.2 Å². The number of benzene rings is 3. The van der Waals surface area contributed by atoms with Gasteiger partial charge >= 0.3 is 11.8 Å². The number of hydrogen-bond acceptors (Lipinski definition) is 3. The van der Waals surface area contributed by atoms with Crippen molar-refractivity contribution in [3.05, 3.63) is 94.3 Å². The first-order chi connectivity index (χ1) is 15.8. The lowest BCUT2D eigenvalue weighted by Gasteiger charge is -2.13. The van der Waals surface area contributed by atoms with Crippen molar-refractivity contribution in [3.63, 3.8) is 0 Å². The first-order valence-electron chi connectivity index (χ1n) is 9.88. The molecule has 0 aliphatic carbocycles. The molecule has 0 saturated carbocycles. The van der Waals surface area contributed by atoms with Crippen LogP contribution in [0.1, 0.15) is 16.1 Å². The van der Waals surface area contributed by atoms with Crippen molar-refractivity contribution >= 4 is 55.9 Å². The number of aryl methyl sites for hydroxylation is 1. The third-order valence-electron chi connectivity index (χ3n) is 4.91. The molecule has 3 N–H and O–H groups in total. The van der Waals surface area contributed by atoms with Crippen LogP contribution in [0.4, 0.5) is 15.8 Å². The number of nitrogens with one attached hydrogen (secondary N) is 3. The maximum atomic E-state index is 13.2. The number of nitrogens with zero attached hydrogens (tertiary/aromatic N) is 1. The van der Waals surface area contributed by atoms with E-state index in [-0.39, 0.29) is 5.69 Å². The van der Waals surface area contributed by atoms with Crippen LogP contribution in [0.5, 0.6) is 0 Å². The van der Waals surface area contributed by atoms with Gasteiger partial charge in [0.1, 0.15) is 11.5 Å². The summed E-state index contributed by atoms with van der Waals surface area (Å²) in [7, 11) is 0. The Morgan fingerprint density at radius 3 is 2.33 bits per heavy atom. The highest BCUT2D eigenvalue weighted by Gasteiger charge is 2.21. The van der Waals surface area contributed by atoms with Gasteiger partial charge in [-0.05, 0) is 67.1 Å². The molecule has 0 unspecified atom stereocenters. The van der Waals surface area contributed by atoms with E-state index in [9.17, 15) is 18.8 Å². The Balaban J connectivity index is 1.63. The molecule has 0 spiro atoms. The minimum Gasteiger partial charge on any atom is -0.321 e. The number of carbonyl (C=O) groups is 3. The second-order valence-corrected chi connectivity index (χ2v) is 8.15. The predicted molar refractivity (Wildman–Crippen MR) is 128 cm³/mol. The largest absolute Gasteiger partial charge is 0.328 e. The molecule has 0 aliphatic heterocycles. The zero-order chi connectivity index (χ0) is 23.5. The van der Waals surface area contributed by atoms with Crippen LogP contribution in [0.3, 0.4) is 0 Å². The summed E-state index contributed by atoms with van der Waals surface area (Å²) in [5.74, 6) is -2.81. The van der Waals surface area contributed by atoms with Gasteiger partial charge in [-0.1, -0.05) is 34.1 Å². The number of anilines is 2. The Hall–Kier alpha value is -3.98. The molecule has 166 valence electrons. The molecule has 1 aromatic heterocycles. The van der Waals surface area contributed by atoms with E-state index in [0.29, 0.717) is 22.3 Å². The molecule has 0 atom stereocenters. The fourth-order valence-corrected chi connectivity index (χ4v) is 3.63. The molecule has 4 rings (SSSR count). The van der Waals surface area contributed by atoms with Gasteiger partial charge in [0.15, 0.2) is 0 Å². The highest BCUT2D eigenvalue weighted by atomic mass is 79.9. The number of hydrogen-bond donors (Lipinski definition) is 3. The average molecular weight is 509 g/mol. The van der Waals surface area contributed by atoms with Crippen LogP contribution in [0.15, 0.2) is 77.3 Å². The van der Waals surface area contributed by atoms with Crippen LogP contribution in [-0.4, -0.2) is 22.4 Å². The Morgan fingerprint density at radius 1 is 0.879 bits per heavy atom. The molecular weight excluding hydrogens is 491 g/mol. The van der Waals surface area contributed by atoms with Crippen LogP contribution >= 0.6 is 15.9 Å². The fourth-order valence-electron chi connectivity index (χ4n) is 3.25. The normalized spacial score (nSPS) is 10.6. The lowest BCUT2D eigenvalue weighted by Crippen LogP contribution is -2.36. The zero-order valence-electron chi connectivity index (χ0n) is 17.4. The quantitative estimate of drug-likeness (QED) is 0.345. The minimum absolute atomic E-state index is 0.0875. The zero-order valence-corrected chi connectivity index (χ0v) is 18.9. The van der Waals surface area contributed by atoms with Crippen molar-refractivity contribution in [2.45, 2.75) is 6.92 Å². The van der Waals surface area contributed by atoms with Gasteiger partial charge in [-0.3, -0.25) is 19.8 Å². The molecule has 33 heavy (non-hydrogen) atoms. The molecule has 3 aromatic carbocycles. The lowest BCUT2D eigenvalue weighted by atomic mass is 10.2. The fraction of sp³-hybridized carbons (Fsp3) is 0.0417. The highest BCUT2D eigenvalue weighted by Crippen LogP contribution is 2.24. The summed E-state index contributed by atoms with van der Waals surface area (Å²) >= 11 is 3.38. The van der Waals surface area contributed by atoms with Crippen LogP contribution in [0.2, 0.25) is 0 Å². The van der Waals surface area contributed by atoms with Crippen molar-refractivity contribution < 1.29 is 18.8 Å². The van der Waals surface area contributed by atoms with Gasteiger partial charge in [-0.15, -0.1) is 0 Å². The van der Waals surface area contributed by atoms with Crippen LogP contribution < -0.4 is 16.1 Å². The summed E-state index contributed by atoms with van der Waals surface area (Å²) in [6.07, 6.45) is 0. The minimum atomic E-state index is -0.950. The van der Waals surface area contributed by atoms with E-state index in [1.165, 1.54) is 28.9 Å². The number of fused-ring (bicyclic) bond motifs is 1. The van der Waals surface area contributed by atoms with E-state index in [0.717, 1.165) is 10.0 Å². The molecule has 0 saturated heterocycles. The molecule has 4 aromatic rings. The van der Waals surface area contributed by atoms with Gasteiger partial charge in [0.05, 0.1) is 5.52 Å². The SMILES string of the molecule is Cc1ccccc1NC(=O)C(=O)Nn1c(C(=O)Nc2ccc(F)cc2)cc2cc(Br)ccc21. The molecule has 7 nitrogen and oxygen atoms in total. The van der Waals surface area contributed by atoms with Crippen LogP contribution in [-0.2, 0) is 9.59 Å². The molecule has 1 heterocycles. The first kappa shape index (κ1) is 22.2.